The van der Waals surface area contributed by atoms with Crippen LogP contribution in [-0.4, -0.2) is 31.4 Å². The number of methoxy groups -OCH3 is 1. The van der Waals surface area contributed by atoms with Gasteiger partial charge in [-0.2, -0.15) is 0 Å². The van der Waals surface area contributed by atoms with Gasteiger partial charge in [-0.05, 0) is 50.8 Å². The first-order valence-electron chi connectivity index (χ1n) is 6.28. The zero-order valence-electron chi connectivity index (χ0n) is 11.8. The molecule has 3 nitrogen and oxygen atoms in total. The van der Waals surface area contributed by atoms with Crippen molar-refractivity contribution in [3.8, 4) is 0 Å². The summed E-state index contributed by atoms with van der Waals surface area (Å²) in [6.45, 7) is 1.76. The summed E-state index contributed by atoms with van der Waals surface area (Å²) in [6, 6.07) is 3.39. The highest BCUT2D eigenvalue weighted by Crippen LogP contribution is 2.25. The molecule has 0 aliphatic heterocycles. The second kappa shape index (κ2) is 7.59. The van der Waals surface area contributed by atoms with Crippen molar-refractivity contribution in [2.75, 3.05) is 19.9 Å². The highest BCUT2D eigenvalue weighted by Gasteiger charge is 2.31. The Morgan fingerprint density at radius 3 is 2.75 bits per heavy atom. The number of esters is 1. The molecule has 0 aromatic heterocycles. The first-order chi connectivity index (χ1) is 9.42. The van der Waals surface area contributed by atoms with Gasteiger partial charge in [0, 0.05) is 4.90 Å². The van der Waals surface area contributed by atoms with Gasteiger partial charge in [0.2, 0.25) is 0 Å². The van der Waals surface area contributed by atoms with Gasteiger partial charge in [-0.25, -0.2) is 8.78 Å². The van der Waals surface area contributed by atoms with Crippen LogP contribution in [0.5, 0.6) is 0 Å². The molecule has 0 heterocycles. The Morgan fingerprint density at radius 1 is 1.45 bits per heavy atom. The Balaban J connectivity index is 2.48. The molecular weight excluding hydrogens is 284 g/mol. The van der Waals surface area contributed by atoms with Crippen LogP contribution in [0.2, 0.25) is 0 Å². The van der Waals surface area contributed by atoms with Gasteiger partial charge in [-0.1, -0.05) is 0 Å². The first kappa shape index (κ1) is 16.9. The standard InChI is InChI=1S/C14H19F2NO2S/c1-14(17-2,13(18)19-3)7-4-8-20-12-9-10(15)5-6-11(12)16/h5-6,9,17H,4,7-8H2,1-3H3. The Morgan fingerprint density at radius 2 is 2.15 bits per heavy atom. The quantitative estimate of drug-likeness (QED) is 0.477. The molecule has 0 saturated carbocycles. The van der Waals surface area contributed by atoms with E-state index in [0.717, 1.165) is 12.1 Å². The second-order valence-electron chi connectivity index (χ2n) is 4.60. The number of likely N-dealkylation sites (N-methyl/N-ethyl adjacent to an activating group) is 1. The van der Waals surface area contributed by atoms with E-state index < -0.39 is 17.2 Å². The van der Waals surface area contributed by atoms with E-state index in [9.17, 15) is 13.6 Å². The molecule has 0 aliphatic rings. The number of nitrogens with one attached hydrogen (secondary N) is 1. The fourth-order valence-corrected chi connectivity index (χ4v) is 2.66. The van der Waals surface area contributed by atoms with Crippen LogP contribution in [-0.2, 0) is 9.53 Å². The van der Waals surface area contributed by atoms with Gasteiger partial charge < -0.3 is 10.1 Å². The molecule has 1 unspecified atom stereocenters. The number of hydrogen-bond acceptors (Lipinski definition) is 4. The molecule has 1 rings (SSSR count). The molecule has 6 heteroatoms. The summed E-state index contributed by atoms with van der Waals surface area (Å²) in [6.07, 6.45) is 1.23. The van der Waals surface area contributed by atoms with Crippen molar-refractivity contribution in [1.82, 2.24) is 5.32 Å². The van der Waals surface area contributed by atoms with Gasteiger partial charge in [0.25, 0.3) is 0 Å². The minimum Gasteiger partial charge on any atom is -0.468 e. The topological polar surface area (TPSA) is 38.3 Å². The third-order valence-electron chi connectivity index (χ3n) is 3.16. The van der Waals surface area contributed by atoms with Crippen molar-refractivity contribution >= 4 is 17.7 Å². The smallest absolute Gasteiger partial charge is 0.325 e. The van der Waals surface area contributed by atoms with E-state index in [4.69, 9.17) is 4.74 Å². The van der Waals surface area contributed by atoms with Crippen LogP contribution in [0.25, 0.3) is 0 Å². The lowest BCUT2D eigenvalue weighted by Gasteiger charge is -2.25. The third-order valence-corrected chi connectivity index (χ3v) is 4.28. The number of thioether (sulfide) groups is 1. The summed E-state index contributed by atoms with van der Waals surface area (Å²) in [5.74, 6) is -0.625. The van der Waals surface area contributed by atoms with E-state index in [1.54, 1.807) is 14.0 Å². The van der Waals surface area contributed by atoms with Crippen molar-refractivity contribution in [3.63, 3.8) is 0 Å². The Hall–Kier alpha value is -1.14. The predicted octanol–water partition coefficient (Wildman–Crippen LogP) is 2.99. The number of carbonyl (C=O) groups excluding carboxylic acids is 1. The van der Waals surface area contributed by atoms with E-state index >= 15 is 0 Å². The van der Waals surface area contributed by atoms with E-state index in [1.807, 2.05) is 0 Å². The average Bonchev–Trinajstić information content (AvgIpc) is 2.45. The van der Waals surface area contributed by atoms with Gasteiger partial charge >= 0.3 is 5.97 Å². The van der Waals surface area contributed by atoms with Crippen LogP contribution in [0, 0.1) is 11.6 Å². The molecule has 1 atom stereocenters. The van der Waals surface area contributed by atoms with Crippen LogP contribution < -0.4 is 5.32 Å². The fourth-order valence-electron chi connectivity index (χ4n) is 1.75. The number of rotatable bonds is 7. The molecule has 0 spiro atoms. The monoisotopic (exact) mass is 303 g/mol. The maximum atomic E-state index is 13.4. The van der Waals surface area contributed by atoms with Gasteiger partial charge in [0.1, 0.15) is 17.2 Å². The van der Waals surface area contributed by atoms with Gasteiger partial charge in [0.15, 0.2) is 0 Å². The van der Waals surface area contributed by atoms with Crippen molar-refractivity contribution in [2.45, 2.75) is 30.2 Å². The lowest BCUT2D eigenvalue weighted by Crippen LogP contribution is -2.48. The average molecular weight is 303 g/mol. The molecule has 0 amide bonds. The SMILES string of the molecule is CNC(C)(CCCSc1cc(F)ccc1F)C(=O)OC. The maximum Gasteiger partial charge on any atom is 0.325 e. The largest absolute Gasteiger partial charge is 0.468 e. The normalized spacial score (nSPS) is 13.8. The summed E-state index contributed by atoms with van der Waals surface area (Å²) >= 11 is 1.24. The van der Waals surface area contributed by atoms with Gasteiger partial charge in [-0.3, -0.25) is 4.79 Å². The van der Waals surface area contributed by atoms with Crippen LogP contribution in [0.15, 0.2) is 23.1 Å². The van der Waals surface area contributed by atoms with E-state index in [1.165, 1.54) is 24.9 Å². The fraction of sp³-hybridized carbons (Fsp3) is 0.500. The number of hydrogen-bond donors (Lipinski definition) is 1. The molecule has 0 saturated heterocycles. The number of ether oxygens (including phenoxy) is 1. The number of benzene rings is 1. The van der Waals surface area contributed by atoms with Crippen LogP contribution in [0.3, 0.4) is 0 Å². The summed E-state index contributed by atoms with van der Waals surface area (Å²) in [5.41, 5.74) is -0.754. The summed E-state index contributed by atoms with van der Waals surface area (Å²) in [4.78, 5) is 11.9. The van der Waals surface area contributed by atoms with Crippen molar-refractivity contribution in [1.29, 1.82) is 0 Å². The van der Waals surface area contributed by atoms with E-state index in [-0.39, 0.29) is 10.9 Å². The summed E-state index contributed by atoms with van der Waals surface area (Å²) < 4.78 is 31.1. The Kier molecular flexibility index (Phi) is 6.42. The lowest BCUT2D eigenvalue weighted by molar-refractivity contribution is -0.148. The van der Waals surface area contributed by atoms with Crippen LogP contribution >= 0.6 is 11.8 Å². The van der Waals surface area contributed by atoms with E-state index in [0.29, 0.717) is 18.6 Å². The van der Waals surface area contributed by atoms with Crippen LogP contribution in [0.4, 0.5) is 8.78 Å². The Labute approximate surface area is 122 Å². The predicted molar refractivity (Wildman–Crippen MR) is 75.8 cm³/mol. The molecule has 0 fully saturated rings. The van der Waals surface area contributed by atoms with Crippen molar-refractivity contribution in [2.24, 2.45) is 0 Å². The van der Waals surface area contributed by atoms with Gasteiger partial charge in [0.05, 0.1) is 7.11 Å². The highest BCUT2D eigenvalue weighted by atomic mass is 32.2. The minimum atomic E-state index is -0.754. The molecule has 0 radical (unpaired) electrons. The third kappa shape index (κ3) is 4.45. The van der Waals surface area contributed by atoms with E-state index in [2.05, 4.69) is 5.32 Å². The van der Waals surface area contributed by atoms with Crippen molar-refractivity contribution < 1.29 is 18.3 Å². The molecule has 0 bridgehead atoms. The summed E-state index contributed by atoms with van der Waals surface area (Å²) in [7, 11) is 3.03. The first-order valence-corrected chi connectivity index (χ1v) is 7.26. The molecule has 0 aliphatic carbocycles. The molecular formula is C14H19F2NO2S. The number of halogens is 2. The van der Waals surface area contributed by atoms with Crippen LogP contribution in [0.1, 0.15) is 19.8 Å². The summed E-state index contributed by atoms with van der Waals surface area (Å²) in [5, 5.41) is 2.93. The number of carbonyl (C=O) groups is 1. The molecule has 1 aromatic carbocycles. The molecule has 20 heavy (non-hydrogen) atoms. The minimum absolute atomic E-state index is 0.286. The zero-order valence-corrected chi connectivity index (χ0v) is 12.7. The zero-order chi connectivity index (χ0) is 15.2. The second-order valence-corrected chi connectivity index (χ2v) is 5.74. The molecule has 112 valence electrons. The molecule has 1 aromatic rings. The van der Waals surface area contributed by atoms with Crippen molar-refractivity contribution in [3.05, 3.63) is 29.8 Å². The molecule has 1 N–H and O–H groups in total. The Bertz CT molecular complexity index is 470. The lowest BCUT2D eigenvalue weighted by atomic mass is 9.97. The highest BCUT2D eigenvalue weighted by molar-refractivity contribution is 7.99. The maximum absolute atomic E-state index is 13.4. The van der Waals surface area contributed by atoms with Gasteiger partial charge in [-0.15, -0.1) is 11.8 Å².